The molecule has 16 heavy (non-hydrogen) atoms. The summed E-state index contributed by atoms with van der Waals surface area (Å²) in [6, 6.07) is 0. The molecule has 1 rings (SSSR count). The highest BCUT2D eigenvalue weighted by Crippen LogP contribution is 2.16. The second-order valence-corrected chi connectivity index (χ2v) is 4.28. The summed E-state index contributed by atoms with van der Waals surface area (Å²) in [6.07, 6.45) is 2.63. The summed E-state index contributed by atoms with van der Waals surface area (Å²) in [5.74, 6) is 0.575. The van der Waals surface area contributed by atoms with E-state index in [9.17, 15) is 4.79 Å². The molecule has 1 fully saturated rings. The number of hydrogen-bond acceptors (Lipinski definition) is 3. The molecule has 0 bridgehead atoms. The van der Waals surface area contributed by atoms with Crippen molar-refractivity contribution in [3.63, 3.8) is 0 Å². The molecular weight excluding hydrogens is 230 g/mol. The number of carbonyl (C=O) groups is 1. The maximum Gasteiger partial charge on any atom is 0.225 e. The number of nitrogens with zero attached hydrogens (tertiary/aromatic N) is 1. The average Bonchev–Trinajstić information content (AvgIpc) is 2.76. The fraction of sp³-hybridized carbons (Fsp3) is 0.909. The molecule has 5 heteroatoms. The van der Waals surface area contributed by atoms with Crippen LogP contribution in [-0.4, -0.2) is 56.2 Å². The summed E-state index contributed by atoms with van der Waals surface area (Å²) in [7, 11) is 1.63. The third-order valence-corrected chi connectivity index (χ3v) is 2.87. The van der Waals surface area contributed by atoms with E-state index >= 15 is 0 Å². The van der Waals surface area contributed by atoms with Gasteiger partial charge in [-0.3, -0.25) is 4.79 Å². The zero-order valence-corrected chi connectivity index (χ0v) is 10.5. The van der Waals surface area contributed by atoms with Crippen molar-refractivity contribution in [1.29, 1.82) is 0 Å². The molecule has 0 aromatic carbocycles. The Morgan fingerprint density at radius 2 is 2.38 bits per heavy atom. The molecule has 1 heterocycles. The number of methoxy groups -OCH3 is 1. The first kappa shape index (κ1) is 13.7. The molecule has 0 aliphatic carbocycles. The predicted molar refractivity (Wildman–Crippen MR) is 62.8 cm³/mol. The fourth-order valence-corrected chi connectivity index (χ4v) is 2.00. The van der Waals surface area contributed by atoms with Crippen molar-refractivity contribution in [3.8, 4) is 0 Å². The van der Waals surface area contributed by atoms with Crippen LogP contribution in [0.25, 0.3) is 0 Å². The van der Waals surface area contributed by atoms with Crippen LogP contribution in [-0.2, 0) is 14.3 Å². The molecule has 4 nitrogen and oxygen atoms in total. The smallest absolute Gasteiger partial charge is 0.225 e. The first-order chi connectivity index (χ1) is 7.77. The quantitative estimate of drug-likeness (QED) is 0.638. The number of ether oxygens (including phenoxy) is 2. The molecule has 1 unspecified atom stereocenters. The molecule has 94 valence electrons. The zero-order valence-electron chi connectivity index (χ0n) is 9.78. The van der Waals surface area contributed by atoms with Gasteiger partial charge in [0, 0.05) is 32.7 Å². The predicted octanol–water partition coefficient (Wildman–Crippen LogP) is 1.27. The summed E-state index contributed by atoms with van der Waals surface area (Å²) >= 11 is 5.67. The van der Waals surface area contributed by atoms with Crippen molar-refractivity contribution in [3.05, 3.63) is 0 Å². The average molecular weight is 250 g/mol. The monoisotopic (exact) mass is 249 g/mol. The zero-order chi connectivity index (χ0) is 11.8. The van der Waals surface area contributed by atoms with E-state index in [0.29, 0.717) is 32.0 Å². The molecule has 1 atom stereocenters. The first-order valence-corrected chi connectivity index (χ1v) is 6.25. The molecular formula is C11H20ClNO3. The SMILES string of the molecule is COCCN(CCCl)C(=O)CC1CCCO1. The van der Waals surface area contributed by atoms with E-state index < -0.39 is 0 Å². The number of rotatable bonds is 7. The maximum absolute atomic E-state index is 11.9. The van der Waals surface area contributed by atoms with Crippen LogP contribution in [0.3, 0.4) is 0 Å². The Kier molecular flexibility index (Phi) is 6.76. The second kappa shape index (κ2) is 7.87. The van der Waals surface area contributed by atoms with E-state index in [1.807, 2.05) is 0 Å². The van der Waals surface area contributed by atoms with Crippen molar-refractivity contribution < 1.29 is 14.3 Å². The van der Waals surface area contributed by atoms with Crippen molar-refractivity contribution in [2.45, 2.75) is 25.4 Å². The third-order valence-electron chi connectivity index (χ3n) is 2.70. The lowest BCUT2D eigenvalue weighted by atomic mass is 10.1. The number of amides is 1. The lowest BCUT2D eigenvalue weighted by molar-refractivity contribution is -0.133. The van der Waals surface area contributed by atoms with E-state index in [2.05, 4.69) is 0 Å². The summed E-state index contributed by atoms with van der Waals surface area (Å²) in [5, 5.41) is 0. The standard InChI is InChI=1S/C11H20ClNO3/c1-15-8-6-13(5-4-12)11(14)9-10-3-2-7-16-10/h10H,2-9H2,1H3. The Labute approximate surface area is 102 Å². The highest BCUT2D eigenvalue weighted by atomic mass is 35.5. The molecule has 1 aliphatic rings. The van der Waals surface area contributed by atoms with Gasteiger partial charge in [-0.1, -0.05) is 0 Å². The second-order valence-electron chi connectivity index (χ2n) is 3.90. The van der Waals surface area contributed by atoms with Gasteiger partial charge in [0.2, 0.25) is 5.91 Å². The number of halogens is 1. The van der Waals surface area contributed by atoms with Gasteiger partial charge in [-0.15, -0.1) is 11.6 Å². The Morgan fingerprint density at radius 3 is 2.94 bits per heavy atom. The van der Waals surface area contributed by atoms with Crippen LogP contribution in [0.15, 0.2) is 0 Å². The Morgan fingerprint density at radius 1 is 1.56 bits per heavy atom. The van der Waals surface area contributed by atoms with Crippen LogP contribution < -0.4 is 0 Å². The van der Waals surface area contributed by atoms with Gasteiger partial charge in [-0.25, -0.2) is 0 Å². The van der Waals surface area contributed by atoms with Gasteiger partial charge in [-0.2, -0.15) is 0 Å². The molecule has 1 saturated heterocycles. The summed E-state index contributed by atoms with van der Waals surface area (Å²) < 4.78 is 10.4. The summed E-state index contributed by atoms with van der Waals surface area (Å²) in [4.78, 5) is 13.7. The van der Waals surface area contributed by atoms with Gasteiger partial charge in [0.1, 0.15) is 0 Å². The normalized spacial score (nSPS) is 20.0. The molecule has 1 aliphatic heterocycles. The van der Waals surface area contributed by atoms with E-state index in [4.69, 9.17) is 21.1 Å². The minimum Gasteiger partial charge on any atom is -0.383 e. The van der Waals surface area contributed by atoms with Crippen LogP contribution in [0.4, 0.5) is 0 Å². The van der Waals surface area contributed by atoms with Crippen LogP contribution in [0, 0.1) is 0 Å². The van der Waals surface area contributed by atoms with E-state index in [0.717, 1.165) is 19.4 Å². The van der Waals surface area contributed by atoms with Crippen molar-refractivity contribution >= 4 is 17.5 Å². The van der Waals surface area contributed by atoms with Gasteiger partial charge < -0.3 is 14.4 Å². The van der Waals surface area contributed by atoms with Crippen LogP contribution in [0.5, 0.6) is 0 Å². The molecule has 0 radical (unpaired) electrons. The van der Waals surface area contributed by atoms with Crippen LogP contribution in [0.1, 0.15) is 19.3 Å². The largest absolute Gasteiger partial charge is 0.383 e. The van der Waals surface area contributed by atoms with E-state index in [1.54, 1.807) is 12.0 Å². The number of carbonyl (C=O) groups excluding carboxylic acids is 1. The highest BCUT2D eigenvalue weighted by Gasteiger charge is 2.22. The Hall–Kier alpha value is -0.320. The minimum absolute atomic E-state index is 0.105. The summed E-state index contributed by atoms with van der Waals surface area (Å²) in [6.45, 7) is 2.52. The van der Waals surface area contributed by atoms with Crippen molar-refractivity contribution in [2.75, 3.05) is 39.3 Å². The molecule has 0 spiro atoms. The number of hydrogen-bond donors (Lipinski definition) is 0. The lowest BCUT2D eigenvalue weighted by Gasteiger charge is -2.22. The molecule has 0 saturated carbocycles. The van der Waals surface area contributed by atoms with Crippen LogP contribution in [0.2, 0.25) is 0 Å². The maximum atomic E-state index is 11.9. The molecule has 0 N–H and O–H groups in total. The highest BCUT2D eigenvalue weighted by molar-refractivity contribution is 6.18. The summed E-state index contributed by atoms with van der Waals surface area (Å²) in [5.41, 5.74) is 0. The molecule has 0 aromatic heterocycles. The Bertz CT molecular complexity index is 207. The van der Waals surface area contributed by atoms with E-state index in [1.165, 1.54) is 0 Å². The van der Waals surface area contributed by atoms with Gasteiger partial charge in [0.15, 0.2) is 0 Å². The molecule has 0 aromatic rings. The third kappa shape index (κ3) is 4.68. The number of alkyl halides is 1. The van der Waals surface area contributed by atoms with Gasteiger partial charge in [0.25, 0.3) is 0 Å². The topological polar surface area (TPSA) is 38.8 Å². The van der Waals surface area contributed by atoms with Crippen molar-refractivity contribution in [1.82, 2.24) is 4.90 Å². The van der Waals surface area contributed by atoms with Gasteiger partial charge >= 0.3 is 0 Å². The van der Waals surface area contributed by atoms with Gasteiger partial charge in [-0.05, 0) is 12.8 Å². The van der Waals surface area contributed by atoms with E-state index in [-0.39, 0.29) is 12.0 Å². The van der Waals surface area contributed by atoms with Crippen molar-refractivity contribution in [2.24, 2.45) is 0 Å². The van der Waals surface area contributed by atoms with Gasteiger partial charge in [0.05, 0.1) is 19.1 Å². The lowest BCUT2D eigenvalue weighted by Crippen LogP contribution is -2.37. The minimum atomic E-state index is 0.105. The van der Waals surface area contributed by atoms with Crippen LogP contribution >= 0.6 is 11.6 Å². The Balaban J connectivity index is 2.32. The fourth-order valence-electron chi connectivity index (χ4n) is 1.79. The molecule has 1 amide bonds. The first-order valence-electron chi connectivity index (χ1n) is 5.72.